The third-order valence-corrected chi connectivity index (χ3v) is 4.44. The molecule has 2 rings (SSSR count). The minimum Gasteiger partial charge on any atom is -0.267 e. The van der Waals surface area contributed by atoms with Gasteiger partial charge in [-0.2, -0.15) is 5.10 Å². The molecule has 0 radical (unpaired) electrons. The second-order valence-corrected chi connectivity index (χ2v) is 7.06. The third kappa shape index (κ3) is 4.61. The highest BCUT2D eigenvalue weighted by molar-refractivity contribution is 5.95. The molecule has 1 aromatic carbocycles. The van der Waals surface area contributed by atoms with E-state index in [4.69, 9.17) is 0 Å². The topological polar surface area (TPSA) is 84.6 Å². The fraction of sp³-hybridized carbons (Fsp3) is 0.529. The van der Waals surface area contributed by atoms with E-state index in [9.17, 15) is 14.9 Å². The smallest absolute Gasteiger partial charge is 0.267 e. The predicted octanol–water partition coefficient (Wildman–Crippen LogP) is 3.92. The van der Waals surface area contributed by atoms with Crippen LogP contribution in [0.25, 0.3) is 0 Å². The molecule has 6 heteroatoms. The Morgan fingerprint density at radius 3 is 2.26 bits per heavy atom. The molecule has 0 atom stereocenters. The van der Waals surface area contributed by atoms with Crippen LogP contribution in [0.5, 0.6) is 0 Å². The average molecular weight is 317 g/mol. The van der Waals surface area contributed by atoms with E-state index in [1.807, 2.05) is 0 Å². The van der Waals surface area contributed by atoms with Gasteiger partial charge in [0.2, 0.25) is 0 Å². The summed E-state index contributed by atoms with van der Waals surface area (Å²) in [5.41, 5.74) is 4.21. The standard InChI is InChI=1S/C17H23N3O3/c1-17(2,3)13-6-8-14(9-7-13)18-19-16(21)12-4-10-15(11-5-12)20(22)23/h4-5,10-11,13H,6-9H2,1-3H3,(H,19,21). The van der Waals surface area contributed by atoms with Crippen molar-refractivity contribution in [1.29, 1.82) is 0 Å². The Kier molecular flexibility index (Phi) is 5.13. The molecule has 1 aromatic rings. The van der Waals surface area contributed by atoms with E-state index in [-0.39, 0.29) is 11.6 Å². The molecule has 124 valence electrons. The van der Waals surface area contributed by atoms with Crippen LogP contribution < -0.4 is 5.43 Å². The largest absolute Gasteiger partial charge is 0.271 e. The number of rotatable bonds is 3. The van der Waals surface area contributed by atoms with E-state index >= 15 is 0 Å². The summed E-state index contributed by atoms with van der Waals surface area (Å²) >= 11 is 0. The summed E-state index contributed by atoms with van der Waals surface area (Å²) in [7, 11) is 0. The van der Waals surface area contributed by atoms with Crippen molar-refractivity contribution in [3.8, 4) is 0 Å². The number of nitrogens with one attached hydrogen (secondary N) is 1. The molecule has 1 aliphatic rings. The van der Waals surface area contributed by atoms with Gasteiger partial charge in [-0.25, -0.2) is 5.43 Å². The zero-order valence-corrected chi connectivity index (χ0v) is 13.8. The average Bonchev–Trinajstić information content (AvgIpc) is 2.52. The molecule has 1 saturated carbocycles. The van der Waals surface area contributed by atoms with Gasteiger partial charge in [0.25, 0.3) is 11.6 Å². The summed E-state index contributed by atoms with van der Waals surface area (Å²) in [6, 6.07) is 5.50. The van der Waals surface area contributed by atoms with Gasteiger partial charge in [-0.15, -0.1) is 0 Å². The summed E-state index contributed by atoms with van der Waals surface area (Å²) < 4.78 is 0. The normalized spacial score (nSPS) is 18.4. The molecule has 0 spiro atoms. The van der Waals surface area contributed by atoms with Gasteiger partial charge in [-0.1, -0.05) is 20.8 Å². The van der Waals surface area contributed by atoms with Crippen molar-refractivity contribution in [3.05, 3.63) is 39.9 Å². The lowest BCUT2D eigenvalue weighted by molar-refractivity contribution is -0.384. The summed E-state index contributed by atoms with van der Waals surface area (Å²) in [5.74, 6) is 0.345. The predicted molar refractivity (Wildman–Crippen MR) is 89.4 cm³/mol. The first-order valence-corrected chi connectivity index (χ1v) is 7.87. The van der Waals surface area contributed by atoms with E-state index in [1.54, 1.807) is 0 Å². The van der Waals surface area contributed by atoms with Crippen molar-refractivity contribution >= 4 is 17.3 Å². The van der Waals surface area contributed by atoms with Gasteiger partial charge in [-0.3, -0.25) is 14.9 Å². The van der Waals surface area contributed by atoms with E-state index in [0.717, 1.165) is 31.4 Å². The number of nitro groups is 1. The second-order valence-electron chi connectivity index (χ2n) is 7.06. The number of nitrogens with zero attached hydrogens (tertiary/aromatic N) is 2. The van der Waals surface area contributed by atoms with E-state index in [2.05, 4.69) is 31.3 Å². The van der Waals surface area contributed by atoms with Gasteiger partial charge >= 0.3 is 0 Å². The van der Waals surface area contributed by atoms with Crippen molar-refractivity contribution in [2.45, 2.75) is 46.5 Å². The maximum atomic E-state index is 12.0. The van der Waals surface area contributed by atoms with Crippen LogP contribution in [0, 0.1) is 21.4 Å². The van der Waals surface area contributed by atoms with Crippen molar-refractivity contribution in [2.75, 3.05) is 0 Å². The minimum absolute atomic E-state index is 0.0339. The third-order valence-electron chi connectivity index (χ3n) is 4.44. The molecule has 0 unspecified atom stereocenters. The van der Waals surface area contributed by atoms with Crippen molar-refractivity contribution in [1.82, 2.24) is 5.43 Å². The van der Waals surface area contributed by atoms with Gasteiger partial charge in [0, 0.05) is 23.4 Å². The van der Waals surface area contributed by atoms with Crippen LogP contribution in [-0.2, 0) is 0 Å². The van der Waals surface area contributed by atoms with Crippen LogP contribution >= 0.6 is 0 Å². The number of carbonyl (C=O) groups is 1. The zero-order chi connectivity index (χ0) is 17.0. The van der Waals surface area contributed by atoms with E-state index < -0.39 is 4.92 Å². The summed E-state index contributed by atoms with van der Waals surface area (Å²) in [4.78, 5) is 22.1. The quantitative estimate of drug-likeness (QED) is 0.677. The Morgan fingerprint density at radius 2 is 1.78 bits per heavy atom. The van der Waals surface area contributed by atoms with Gasteiger partial charge in [0.1, 0.15) is 0 Å². The monoisotopic (exact) mass is 317 g/mol. The van der Waals surface area contributed by atoms with Crippen LogP contribution in [0.1, 0.15) is 56.8 Å². The lowest BCUT2D eigenvalue weighted by atomic mass is 9.72. The fourth-order valence-corrected chi connectivity index (χ4v) is 2.86. The van der Waals surface area contributed by atoms with Crippen LogP contribution in [0.3, 0.4) is 0 Å². The molecule has 1 N–H and O–H groups in total. The van der Waals surface area contributed by atoms with Crippen molar-refractivity contribution < 1.29 is 9.72 Å². The van der Waals surface area contributed by atoms with Gasteiger partial charge in [-0.05, 0) is 49.1 Å². The second kappa shape index (κ2) is 6.89. The minimum atomic E-state index is -0.490. The molecule has 0 saturated heterocycles. The molecule has 1 fully saturated rings. The van der Waals surface area contributed by atoms with Crippen molar-refractivity contribution in [3.63, 3.8) is 0 Å². The molecular formula is C17H23N3O3. The highest BCUT2D eigenvalue weighted by atomic mass is 16.6. The molecule has 1 amide bonds. The molecule has 0 heterocycles. The van der Waals surface area contributed by atoms with Gasteiger partial charge in [0.05, 0.1) is 4.92 Å². The molecule has 0 bridgehead atoms. The summed E-state index contributed by atoms with van der Waals surface area (Å²) in [6.45, 7) is 6.78. The van der Waals surface area contributed by atoms with E-state index in [0.29, 0.717) is 16.9 Å². The molecule has 0 aromatic heterocycles. The molecule has 0 aliphatic heterocycles. The Labute approximate surface area is 136 Å². The van der Waals surface area contributed by atoms with E-state index in [1.165, 1.54) is 24.3 Å². The first-order chi connectivity index (χ1) is 10.8. The van der Waals surface area contributed by atoms with Crippen LogP contribution in [0.4, 0.5) is 5.69 Å². The summed E-state index contributed by atoms with van der Waals surface area (Å²) in [5, 5.41) is 14.8. The molecule has 1 aliphatic carbocycles. The Hall–Kier alpha value is -2.24. The number of hydrogen-bond donors (Lipinski definition) is 1. The lowest BCUT2D eigenvalue weighted by Crippen LogP contribution is -2.27. The van der Waals surface area contributed by atoms with Crippen LogP contribution in [0.15, 0.2) is 29.4 Å². The zero-order valence-electron chi connectivity index (χ0n) is 13.8. The fourth-order valence-electron chi connectivity index (χ4n) is 2.86. The maximum absolute atomic E-state index is 12.0. The number of non-ortho nitro benzene ring substituents is 1. The molecule has 6 nitrogen and oxygen atoms in total. The summed E-state index contributed by atoms with van der Waals surface area (Å²) in [6.07, 6.45) is 4.00. The van der Waals surface area contributed by atoms with Crippen molar-refractivity contribution in [2.24, 2.45) is 16.4 Å². The van der Waals surface area contributed by atoms with Crippen LogP contribution in [0.2, 0.25) is 0 Å². The number of hydrogen-bond acceptors (Lipinski definition) is 4. The Balaban J connectivity index is 1.90. The Bertz CT molecular complexity index is 605. The first kappa shape index (κ1) is 17.1. The maximum Gasteiger partial charge on any atom is 0.271 e. The lowest BCUT2D eigenvalue weighted by Gasteiger charge is -2.34. The molecular weight excluding hydrogens is 294 g/mol. The highest BCUT2D eigenvalue weighted by Crippen LogP contribution is 2.36. The highest BCUT2D eigenvalue weighted by Gasteiger charge is 2.28. The van der Waals surface area contributed by atoms with Gasteiger partial charge < -0.3 is 0 Å². The number of carbonyl (C=O) groups excluding carboxylic acids is 1. The van der Waals surface area contributed by atoms with Gasteiger partial charge in [0.15, 0.2) is 0 Å². The number of benzene rings is 1. The number of hydrazone groups is 1. The van der Waals surface area contributed by atoms with Crippen LogP contribution in [-0.4, -0.2) is 16.5 Å². The first-order valence-electron chi connectivity index (χ1n) is 7.87. The SMILES string of the molecule is CC(C)(C)C1CCC(=NNC(=O)c2ccc([N+](=O)[O-])cc2)CC1. The Morgan fingerprint density at radius 1 is 1.22 bits per heavy atom. The number of nitro benzene ring substituents is 1. The number of amides is 1. The molecule has 23 heavy (non-hydrogen) atoms.